The van der Waals surface area contributed by atoms with Crippen LogP contribution in [-0.4, -0.2) is 53.2 Å². The number of hydrogen-bond acceptors (Lipinski definition) is 8. The fraction of sp³-hybridized carbons (Fsp3) is 0.261. The molecule has 0 spiro atoms. The topological polar surface area (TPSA) is 169 Å². The Bertz CT molecular complexity index is 1180. The molecule has 35 heavy (non-hydrogen) atoms. The van der Waals surface area contributed by atoms with Gasteiger partial charge in [-0.1, -0.05) is 18.2 Å². The maximum Gasteiger partial charge on any atom is 0.405 e. The highest BCUT2D eigenvalue weighted by molar-refractivity contribution is 6.11. The fourth-order valence-corrected chi connectivity index (χ4v) is 3.89. The third kappa shape index (κ3) is 4.51. The van der Waals surface area contributed by atoms with Crippen LogP contribution in [0.2, 0.25) is 0 Å². The van der Waals surface area contributed by atoms with E-state index in [-0.39, 0.29) is 22.6 Å². The molecule has 1 saturated heterocycles. The van der Waals surface area contributed by atoms with Gasteiger partial charge in [0.1, 0.15) is 17.7 Å². The molecule has 0 aromatic heterocycles. The molecular formula is C23H24N4O8. The number of rotatable bonds is 5. The van der Waals surface area contributed by atoms with Gasteiger partial charge in [0.25, 0.3) is 5.91 Å². The predicted molar refractivity (Wildman–Crippen MR) is 122 cm³/mol. The molecule has 184 valence electrons. The number of imide groups is 1. The van der Waals surface area contributed by atoms with Crippen LogP contribution in [0.3, 0.4) is 0 Å². The molecular weight excluding hydrogens is 460 g/mol. The van der Waals surface area contributed by atoms with Gasteiger partial charge < -0.3 is 25.6 Å². The SMILES string of the molecule is CC(=O)Oc1cc(C2(NC(=O)O)C(=O)N(C)C(=O)N(c3ccccc3)C2N)cc(OC(C)=O)c1C. The summed E-state index contributed by atoms with van der Waals surface area (Å²) in [5, 5.41) is 11.9. The van der Waals surface area contributed by atoms with Gasteiger partial charge in [-0.15, -0.1) is 0 Å². The number of likely N-dealkylation sites (N-methyl/N-ethyl adjacent to an activating group) is 1. The highest BCUT2D eigenvalue weighted by Crippen LogP contribution is 2.40. The molecule has 2 aromatic carbocycles. The van der Waals surface area contributed by atoms with Gasteiger partial charge in [0.05, 0.1) is 0 Å². The predicted octanol–water partition coefficient (Wildman–Crippen LogP) is 1.69. The number of benzene rings is 2. The first kappa shape index (κ1) is 25.2. The smallest absolute Gasteiger partial charge is 0.405 e. The normalized spacial score (nSPS) is 19.9. The lowest BCUT2D eigenvalue weighted by Crippen LogP contribution is -2.76. The monoisotopic (exact) mass is 484 g/mol. The number of nitrogens with zero attached hydrogens (tertiary/aromatic N) is 2. The zero-order chi connectivity index (χ0) is 26.1. The van der Waals surface area contributed by atoms with E-state index in [2.05, 4.69) is 5.32 Å². The Kier molecular flexibility index (Phi) is 6.78. The van der Waals surface area contributed by atoms with Crippen LogP contribution in [0, 0.1) is 6.92 Å². The number of urea groups is 1. The number of ether oxygens (including phenoxy) is 2. The van der Waals surface area contributed by atoms with Crippen molar-refractivity contribution in [2.75, 3.05) is 11.9 Å². The lowest BCUT2D eigenvalue weighted by molar-refractivity contribution is -0.137. The van der Waals surface area contributed by atoms with Crippen molar-refractivity contribution in [2.24, 2.45) is 5.73 Å². The average molecular weight is 484 g/mol. The molecule has 4 amide bonds. The van der Waals surface area contributed by atoms with Gasteiger partial charge in [-0.05, 0) is 36.8 Å². The summed E-state index contributed by atoms with van der Waals surface area (Å²) in [7, 11) is 1.18. The molecule has 1 fully saturated rings. The number of carbonyl (C=O) groups is 5. The third-order valence-electron chi connectivity index (χ3n) is 5.47. The second kappa shape index (κ2) is 9.43. The van der Waals surface area contributed by atoms with Crippen molar-refractivity contribution in [1.29, 1.82) is 0 Å². The van der Waals surface area contributed by atoms with Crippen molar-refractivity contribution in [2.45, 2.75) is 32.5 Å². The number of carboxylic acid groups (broad SMARTS) is 1. The Hall–Kier alpha value is -4.45. The number of nitrogens with one attached hydrogen (secondary N) is 1. The lowest BCUT2D eigenvalue weighted by Gasteiger charge is -2.49. The van der Waals surface area contributed by atoms with Crippen LogP contribution >= 0.6 is 0 Å². The molecule has 4 N–H and O–H groups in total. The molecule has 1 heterocycles. The number of anilines is 1. The van der Waals surface area contributed by atoms with Crippen molar-refractivity contribution in [3.05, 3.63) is 53.6 Å². The Balaban J connectivity index is 2.35. The molecule has 0 saturated carbocycles. The molecule has 2 atom stereocenters. The summed E-state index contributed by atoms with van der Waals surface area (Å²) < 4.78 is 10.5. The van der Waals surface area contributed by atoms with Crippen molar-refractivity contribution >= 4 is 35.7 Å². The molecule has 1 aliphatic heterocycles. The van der Waals surface area contributed by atoms with Crippen molar-refractivity contribution in [3.8, 4) is 11.5 Å². The van der Waals surface area contributed by atoms with E-state index >= 15 is 0 Å². The Labute approximate surface area is 200 Å². The van der Waals surface area contributed by atoms with E-state index in [1.165, 1.54) is 26.1 Å². The fourth-order valence-electron chi connectivity index (χ4n) is 3.89. The van der Waals surface area contributed by atoms with E-state index in [0.717, 1.165) is 23.6 Å². The first-order valence-corrected chi connectivity index (χ1v) is 10.3. The minimum Gasteiger partial charge on any atom is -0.465 e. The average Bonchev–Trinajstić information content (AvgIpc) is 2.78. The van der Waals surface area contributed by atoms with Gasteiger partial charge in [-0.3, -0.25) is 24.2 Å². The maximum absolute atomic E-state index is 13.6. The maximum atomic E-state index is 13.6. The van der Waals surface area contributed by atoms with E-state index in [1.54, 1.807) is 30.3 Å². The number of para-hydroxylation sites is 1. The van der Waals surface area contributed by atoms with Gasteiger partial charge in [0.2, 0.25) is 0 Å². The summed E-state index contributed by atoms with van der Waals surface area (Å²) in [6.45, 7) is 3.79. The van der Waals surface area contributed by atoms with Crippen LogP contribution in [-0.2, 0) is 19.9 Å². The molecule has 12 nitrogen and oxygen atoms in total. The first-order valence-electron chi connectivity index (χ1n) is 10.3. The van der Waals surface area contributed by atoms with Crippen molar-refractivity contribution in [1.82, 2.24) is 10.2 Å². The summed E-state index contributed by atoms with van der Waals surface area (Å²) in [5.41, 5.74) is 4.62. The zero-order valence-corrected chi connectivity index (χ0v) is 19.4. The molecule has 3 rings (SSSR count). The van der Waals surface area contributed by atoms with Crippen LogP contribution in [0.25, 0.3) is 0 Å². The lowest BCUT2D eigenvalue weighted by atomic mass is 9.82. The van der Waals surface area contributed by atoms with Crippen LogP contribution in [0.15, 0.2) is 42.5 Å². The molecule has 2 unspecified atom stereocenters. The molecule has 0 aliphatic carbocycles. The number of carbonyl (C=O) groups excluding carboxylic acids is 4. The standard InChI is InChI=1S/C23H24N4O8/c1-12-17(34-13(2)28)10-15(11-18(12)35-14(3)29)23(25-21(31)32)19(24)27(16-8-6-5-7-9-16)22(33)26(4)20(23)30/h5-11,19,25H,24H2,1-4H3,(H,31,32). The summed E-state index contributed by atoms with van der Waals surface area (Å²) in [6.07, 6.45) is -3.21. The molecule has 0 radical (unpaired) electrons. The Morgan fingerprint density at radius 2 is 1.54 bits per heavy atom. The minimum atomic E-state index is -2.28. The van der Waals surface area contributed by atoms with E-state index in [9.17, 15) is 29.1 Å². The summed E-state index contributed by atoms with van der Waals surface area (Å²) in [6, 6.07) is 9.81. The second-order valence-electron chi connectivity index (χ2n) is 7.82. The van der Waals surface area contributed by atoms with Gasteiger partial charge >= 0.3 is 24.1 Å². The summed E-state index contributed by atoms with van der Waals surface area (Å²) in [5.74, 6) is -2.60. The number of amides is 4. The van der Waals surface area contributed by atoms with Crippen LogP contribution in [0.1, 0.15) is 25.0 Å². The van der Waals surface area contributed by atoms with Crippen LogP contribution in [0.5, 0.6) is 11.5 Å². The Morgan fingerprint density at radius 3 is 2.00 bits per heavy atom. The van der Waals surface area contributed by atoms with Gasteiger partial charge in [0, 0.05) is 32.1 Å². The van der Waals surface area contributed by atoms with Crippen LogP contribution in [0.4, 0.5) is 15.3 Å². The van der Waals surface area contributed by atoms with E-state index < -0.39 is 41.7 Å². The summed E-state index contributed by atoms with van der Waals surface area (Å²) in [4.78, 5) is 63.8. The molecule has 1 aliphatic rings. The molecule has 0 bridgehead atoms. The van der Waals surface area contributed by atoms with Crippen molar-refractivity contribution < 1.29 is 38.6 Å². The first-order chi connectivity index (χ1) is 16.4. The zero-order valence-electron chi connectivity index (χ0n) is 19.4. The minimum absolute atomic E-state index is 0.0939. The van der Waals surface area contributed by atoms with Gasteiger partial charge in [-0.25, -0.2) is 9.59 Å². The Morgan fingerprint density at radius 1 is 1.03 bits per heavy atom. The largest absolute Gasteiger partial charge is 0.465 e. The van der Waals surface area contributed by atoms with Gasteiger partial charge in [0.15, 0.2) is 5.54 Å². The third-order valence-corrected chi connectivity index (χ3v) is 5.47. The molecule has 12 heteroatoms. The summed E-state index contributed by atoms with van der Waals surface area (Å²) >= 11 is 0. The van der Waals surface area contributed by atoms with E-state index in [1.807, 2.05) is 0 Å². The highest BCUT2D eigenvalue weighted by atomic mass is 16.5. The molecule has 2 aromatic rings. The van der Waals surface area contributed by atoms with E-state index in [4.69, 9.17) is 15.2 Å². The second-order valence-corrected chi connectivity index (χ2v) is 7.82. The highest BCUT2D eigenvalue weighted by Gasteiger charge is 2.58. The van der Waals surface area contributed by atoms with Gasteiger partial charge in [-0.2, -0.15) is 0 Å². The van der Waals surface area contributed by atoms with Crippen LogP contribution < -0.4 is 25.4 Å². The quantitative estimate of drug-likeness (QED) is 0.422. The van der Waals surface area contributed by atoms with E-state index in [0.29, 0.717) is 5.69 Å². The number of hydrogen-bond donors (Lipinski definition) is 3. The number of nitrogens with two attached hydrogens (primary N) is 1. The number of esters is 2. The van der Waals surface area contributed by atoms with Crippen molar-refractivity contribution in [3.63, 3.8) is 0 Å².